The predicted octanol–water partition coefficient (Wildman–Crippen LogP) is 3.20. The Hall–Kier alpha value is -2.54. The van der Waals surface area contributed by atoms with Gasteiger partial charge in [-0.05, 0) is 30.0 Å². The SMILES string of the molecule is N#Cc1nc(NC(=O)[C@H]2C[C@H]2c2ccc(Cl)c(Cl)c2)[nH]c1C#N. The van der Waals surface area contributed by atoms with Crippen molar-refractivity contribution < 1.29 is 4.79 Å². The van der Waals surface area contributed by atoms with Gasteiger partial charge in [0.25, 0.3) is 0 Å². The van der Waals surface area contributed by atoms with Crippen LogP contribution in [0, 0.1) is 28.6 Å². The first-order chi connectivity index (χ1) is 11.0. The summed E-state index contributed by atoms with van der Waals surface area (Å²) in [5.41, 5.74) is 0.939. The Morgan fingerprint density at radius 3 is 2.70 bits per heavy atom. The molecule has 2 aromatic rings. The van der Waals surface area contributed by atoms with Gasteiger partial charge in [-0.25, -0.2) is 4.98 Å². The van der Waals surface area contributed by atoms with Gasteiger partial charge < -0.3 is 4.98 Å². The van der Waals surface area contributed by atoms with Gasteiger partial charge in [0.15, 0.2) is 11.4 Å². The Balaban J connectivity index is 1.69. The quantitative estimate of drug-likeness (QED) is 0.890. The Bertz CT molecular complexity index is 845. The van der Waals surface area contributed by atoms with E-state index in [0.29, 0.717) is 16.5 Å². The van der Waals surface area contributed by atoms with E-state index in [1.165, 1.54) is 0 Å². The minimum Gasteiger partial charge on any atom is -0.314 e. The molecule has 0 spiro atoms. The van der Waals surface area contributed by atoms with Crippen molar-refractivity contribution in [2.45, 2.75) is 12.3 Å². The maximum absolute atomic E-state index is 12.2. The fraction of sp³-hybridized carbons (Fsp3) is 0.200. The highest BCUT2D eigenvalue weighted by Crippen LogP contribution is 2.48. The maximum Gasteiger partial charge on any atom is 0.230 e. The van der Waals surface area contributed by atoms with Crippen molar-refractivity contribution in [1.82, 2.24) is 9.97 Å². The highest BCUT2D eigenvalue weighted by Gasteiger charge is 2.44. The number of nitrogens with zero attached hydrogens (tertiary/aromatic N) is 3. The van der Waals surface area contributed by atoms with Gasteiger partial charge in [0.05, 0.1) is 10.0 Å². The fourth-order valence-electron chi connectivity index (χ4n) is 2.40. The molecule has 6 nitrogen and oxygen atoms in total. The molecule has 0 unspecified atom stereocenters. The van der Waals surface area contributed by atoms with Gasteiger partial charge in [0.1, 0.15) is 12.1 Å². The van der Waals surface area contributed by atoms with Crippen LogP contribution in [0.4, 0.5) is 5.95 Å². The summed E-state index contributed by atoms with van der Waals surface area (Å²) in [7, 11) is 0. The lowest BCUT2D eigenvalue weighted by molar-refractivity contribution is -0.117. The molecule has 2 atom stereocenters. The molecule has 0 radical (unpaired) electrons. The zero-order chi connectivity index (χ0) is 16.6. The average Bonchev–Trinajstić information content (AvgIpc) is 3.24. The van der Waals surface area contributed by atoms with Crippen LogP contribution in [0.3, 0.4) is 0 Å². The largest absolute Gasteiger partial charge is 0.314 e. The summed E-state index contributed by atoms with van der Waals surface area (Å²) >= 11 is 11.9. The first-order valence-electron chi connectivity index (χ1n) is 6.69. The van der Waals surface area contributed by atoms with Crippen molar-refractivity contribution >= 4 is 35.1 Å². The summed E-state index contributed by atoms with van der Waals surface area (Å²) < 4.78 is 0. The average molecular weight is 346 g/mol. The number of anilines is 1. The summed E-state index contributed by atoms with van der Waals surface area (Å²) in [5.74, 6) is -0.245. The lowest BCUT2D eigenvalue weighted by Crippen LogP contribution is -2.15. The second-order valence-electron chi connectivity index (χ2n) is 5.14. The summed E-state index contributed by atoms with van der Waals surface area (Å²) in [5, 5.41) is 21.2. The number of halogens is 2. The first kappa shape index (κ1) is 15.4. The number of nitrogens with one attached hydrogen (secondary N) is 2. The van der Waals surface area contributed by atoms with Crippen molar-refractivity contribution in [2.24, 2.45) is 5.92 Å². The Morgan fingerprint density at radius 2 is 2.09 bits per heavy atom. The molecule has 0 saturated heterocycles. The highest BCUT2D eigenvalue weighted by molar-refractivity contribution is 6.42. The topological polar surface area (TPSA) is 105 Å². The molecule has 114 valence electrons. The van der Waals surface area contributed by atoms with Crippen molar-refractivity contribution in [1.29, 1.82) is 10.5 Å². The van der Waals surface area contributed by atoms with Gasteiger partial charge >= 0.3 is 0 Å². The van der Waals surface area contributed by atoms with E-state index in [1.54, 1.807) is 18.2 Å². The number of carbonyl (C=O) groups is 1. The van der Waals surface area contributed by atoms with Gasteiger partial charge in [0.2, 0.25) is 11.9 Å². The van der Waals surface area contributed by atoms with Crippen molar-refractivity contribution in [3.63, 3.8) is 0 Å². The van der Waals surface area contributed by atoms with Crippen LogP contribution in [-0.4, -0.2) is 15.9 Å². The second-order valence-corrected chi connectivity index (χ2v) is 5.96. The number of carbonyl (C=O) groups excluding carboxylic acids is 1. The van der Waals surface area contributed by atoms with E-state index >= 15 is 0 Å². The summed E-state index contributed by atoms with van der Waals surface area (Å²) in [6.45, 7) is 0. The number of aromatic nitrogens is 2. The van der Waals surface area contributed by atoms with Crippen molar-refractivity contribution in [2.75, 3.05) is 5.32 Å². The molecule has 8 heteroatoms. The molecular weight excluding hydrogens is 337 g/mol. The molecule has 1 fully saturated rings. The normalized spacial score (nSPS) is 18.8. The number of rotatable bonds is 3. The third-order valence-electron chi connectivity index (χ3n) is 3.66. The molecule has 1 heterocycles. The molecule has 1 aliphatic carbocycles. The van der Waals surface area contributed by atoms with Crippen molar-refractivity contribution in [3.05, 3.63) is 45.2 Å². The van der Waals surface area contributed by atoms with Gasteiger partial charge in [0, 0.05) is 5.92 Å². The summed E-state index contributed by atoms with van der Waals surface area (Å²) in [4.78, 5) is 18.7. The van der Waals surface area contributed by atoms with Gasteiger partial charge in [-0.1, -0.05) is 29.3 Å². The minimum atomic E-state index is -0.219. The number of imidazole rings is 1. The third kappa shape index (κ3) is 3.00. The van der Waals surface area contributed by atoms with Crippen LogP contribution in [0.5, 0.6) is 0 Å². The summed E-state index contributed by atoms with van der Waals surface area (Å²) in [6.07, 6.45) is 0.695. The Labute approximate surface area is 141 Å². The van der Waals surface area contributed by atoms with Crippen LogP contribution in [0.15, 0.2) is 18.2 Å². The molecular formula is C15H9Cl2N5O. The van der Waals surface area contributed by atoms with Gasteiger partial charge in [-0.3, -0.25) is 10.1 Å². The number of H-pyrrole nitrogens is 1. The van der Waals surface area contributed by atoms with Crippen LogP contribution in [0.2, 0.25) is 10.0 Å². The molecule has 1 saturated carbocycles. The molecule has 2 N–H and O–H groups in total. The standard InChI is InChI=1S/C15H9Cl2N5O/c16-10-2-1-7(3-11(10)17)8-4-9(8)14(23)22-15-20-12(5-18)13(6-19)21-15/h1-3,8-9H,4H2,(H2,20,21,22,23)/t8-,9-/m0/s1. The zero-order valence-corrected chi connectivity index (χ0v) is 13.1. The van der Waals surface area contributed by atoms with Gasteiger partial charge in [-0.2, -0.15) is 10.5 Å². The molecule has 1 aromatic heterocycles. The van der Waals surface area contributed by atoms with Gasteiger partial charge in [-0.15, -0.1) is 0 Å². The van der Waals surface area contributed by atoms with Crippen LogP contribution < -0.4 is 5.32 Å². The molecule has 1 aromatic carbocycles. The van der Waals surface area contributed by atoms with E-state index < -0.39 is 0 Å². The van der Waals surface area contributed by atoms with E-state index in [2.05, 4.69) is 15.3 Å². The maximum atomic E-state index is 12.2. The number of amides is 1. The number of hydrogen-bond donors (Lipinski definition) is 2. The van der Waals surface area contributed by atoms with E-state index in [-0.39, 0.29) is 35.1 Å². The van der Waals surface area contributed by atoms with Crippen LogP contribution in [0.1, 0.15) is 29.3 Å². The molecule has 0 aliphatic heterocycles. The van der Waals surface area contributed by atoms with Crippen molar-refractivity contribution in [3.8, 4) is 12.1 Å². The second kappa shape index (κ2) is 5.92. The van der Waals surface area contributed by atoms with E-state index in [9.17, 15) is 4.79 Å². The van der Waals surface area contributed by atoms with Crippen LogP contribution >= 0.6 is 23.2 Å². The van der Waals surface area contributed by atoms with Crippen LogP contribution in [0.25, 0.3) is 0 Å². The summed E-state index contributed by atoms with van der Waals surface area (Å²) in [6, 6.07) is 8.91. The third-order valence-corrected chi connectivity index (χ3v) is 4.40. The Kier molecular flexibility index (Phi) is 3.96. The predicted molar refractivity (Wildman–Crippen MR) is 84.0 cm³/mol. The molecule has 23 heavy (non-hydrogen) atoms. The smallest absolute Gasteiger partial charge is 0.230 e. The lowest BCUT2D eigenvalue weighted by Gasteiger charge is -2.03. The van der Waals surface area contributed by atoms with E-state index in [1.807, 2.05) is 12.1 Å². The number of aromatic amines is 1. The van der Waals surface area contributed by atoms with E-state index in [4.69, 9.17) is 33.7 Å². The molecule has 1 aliphatic rings. The zero-order valence-electron chi connectivity index (χ0n) is 11.6. The minimum absolute atomic E-state index is 0.0274. The molecule has 3 rings (SSSR count). The number of nitriles is 2. The van der Waals surface area contributed by atoms with E-state index in [0.717, 1.165) is 5.56 Å². The molecule has 0 bridgehead atoms. The van der Waals surface area contributed by atoms with Crippen LogP contribution in [-0.2, 0) is 4.79 Å². The highest BCUT2D eigenvalue weighted by atomic mass is 35.5. The monoisotopic (exact) mass is 345 g/mol. The lowest BCUT2D eigenvalue weighted by atomic mass is 10.1. The first-order valence-corrected chi connectivity index (χ1v) is 7.45. The fourth-order valence-corrected chi connectivity index (χ4v) is 2.71. The number of hydrogen-bond acceptors (Lipinski definition) is 4. The number of benzene rings is 1. The molecule has 1 amide bonds. The Morgan fingerprint density at radius 1 is 1.30 bits per heavy atom.